The maximum absolute atomic E-state index is 5.74. The van der Waals surface area contributed by atoms with Crippen LogP contribution in [0.1, 0.15) is 6.92 Å². The second kappa shape index (κ2) is 5.37. The maximum atomic E-state index is 5.74. The molecule has 0 unspecified atom stereocenters. The van der Waals surface area contributed by atoms with Gasteiger partial charge in [-0.3, -0.25) is 0 Å². The normalized spacial score (nSPS) is 10.4. The Kier molecular flexibility index (Phi) is 3.86. The van der Waals surface area contributed by atoms with Gasteiger partial charge in [0.15, 0.2) is 4.34 Å². The Labute approximate surface area is 105 Å². The van der Waals surface area contributed by atoms with E-state index >= 15 is 0 Å². The number of aromatic nitrogens is 5. The minimum Gasteiger partial charge on any atom is -0.464 e. The van der Waals surface area contributed by atoms with Gasteiger partial charge in [0.05, 0.1) is 6.61 Å². The van der Waals surface area contributed by atoms with Gasteiger partial charge in [-0.1, -0.05) is 0 Å². The average Bonchev–Trinajstić information content (AvgIpc) is 2.70. The fourth-order valence-corrected chi connectivity index (χ4v) is 2.33. The summed E-state index contributed by atoms with van der Waals surface area (Å²) < 4.78 is 9.77. The summed E-state index contributed by atoms with van der Waals surface area (Å²) in [4.78, 5) is 15.9. The molecule has 6 nitrogen and oxygen atoms in total. The third kappa shape index (κ3) is 3.00. The van der Waals surface area contributed by atoms with Gasteiger partial charge in [0.1, 0.15) is 6.33 Å². The Balaban J connectivity index is 2.20. The van der Waals surface area contributed by atoms with Gasteiger partial charge in [0, 0.05) is 0 Å². The third-order valence-corrected chi connectivity index (χ3v) is 3.11. The van der Waals surface area contributed by atoms with E-state index in [0.717, 1.165) is 4.34 Å². The second-order valence-corrected chi connectivity index (χ2v) is 4.74. The summed E-state index contributed by atoms with van der Waals surface area (Å²) in [5, 5.41) is 0.547. The summed E-state index contributed by atoms with van der Waals surface area (Å²) in [5.74, 6) is 0. The molecule has 0 radical (unpaired) electrons. The topological polar surface area (TPSA) is 73.7 Å². The van der Waals surface area contributed by atoms with Crippen molar-refractivity contribution in [3.05, 3.63) is 11.6 Å². The summed E-state index contributed by atoms with van der Waals surface area (Å²) in [6.07, 6.45) is 1.47. The largest absolute Gasteiger partial charge is 0.464 e. The zero-order valence-electron chi connectivity index (χ0n) is 8.12. The van der Waals surface area contributed by atoms with Gasteiger partial charge in [-0.25, -0.2) is 4.98 Å². The summed E-state index contributed by atoms with van der Waals surface area (Å²) in [6, 6.07) is 0.217. The quantitative estimate of drug-likeness (QED) is 0.844. The van der Waals surface area contributed by atoms with Crippen LogP contribution in [0, 0.1) is 0 Å². The molecule has 0 spiro atoms. The van der Waals surface area contributed by atoms with Crippen molar-refractivity contribution in [2.45, 2.75) is 16.4 Å². The zero-order chi connectivity index (χ0) is 11.4. The molecule has 0 atom stereocenters. The minimum absolute atomic E-state index is 0.102. The number of nitrogens with zero attached hydrogens (tertiary/aromatic N) is 5. The van der Waals surface area contributed by atoms with Gasteiger partial charge in [-0.2, -0.15) is 19.3 Å². The first-order valence-electron chi connectivity index (χ1n) is 4.27. The van der Waals surface area contributed by atoms with E-state index in [4.69, 9.17) is 16.3 Å². The summed E-state index contributed by atoms with van der Waals surface area (Å²) in [5.41, 5.74) is 0. The van der Waals surface area contributed by atoms with Gasteiger partial charge in [0.2, 0.25) is 10.4 Å². The molecular formula is C7H6ClN5OS2. The maximum Gasteiger partial charge on any atom is 0.321 e. The highest BCUT2D eigenvalue weighted by molar-refractivity contribution is 8.00. The van der Waals surface area contributed by atoms with Crippen LogP contribution in [0.5, 0.6) is 6.01 Å². The van der Waals surface area contributed by atoms with Crippen molar-refractivity contribution in [3.63, 3.8) is 0 Å². The van der Waals surface area contributed by atoms with Gasteiger partial charge < -0.3 is 4.74 Å². The Bertz CT molecular complexity index is 466. The molecule has 9 heteroatoms. The van der Waals surface area contributed by atoms with E-state index < -0.39 is 0 Å². The van der Waals surface area contributed by atoms with Crippen LogP contribution in [0.4, 0.5) is 0 Å². The van der Waals surface area contributed by atoms with E-state index in [1.54, 1.807) is 0 Å². The van der Waals surface area contributed by atoms with Crippen molar-refractivity contribution in [3.8, 4) is 6.01 Å². The molecule has 0 bridgehead atoms. The summed E-state index contributed by atoms with van der Waals surface area (Å²) in [6.45, 7) is 2.32. The third-order valence-electron chi connectivity index (χ3n) is 1.36. The summed E-state index contributed by atoms with van der Waals surface area (Å²) >= 11 is 8.26. The molecule has 2 heterocycles. The first-order chi connectivity index (χ1) is 7.78. The van der Waals surface area contributed by atoms with Crippen LogP contribution in [-0.4, -0.2) is 30.9 Å². The van der Waals surface area contributed by atoms with Crippen molar-refractivity contribution in [2.75, 3.05) is 6.61 Å². The average molecular weight is 276 g/mol. The van der Waals surface area contributed by atoms with Crippen molar-refractivity contribution in [2.24, 2.45) is 0 Å². The van der Waals surface area contributed by atoms with Crippen LogP contribution in [0.15, 0.2) is 15.8 Å². The molecule has 0 aliphatic rings. The molecule has 0 saturated carbocycles. The molecule has 0 aliphatic carbocycles. The lowest BCUT2D eigenvalue weighted by atomic mass is 10.9. The highest BCUT2D eigenvalue weighted by atomic mass is 35.5. The van der Waals surface area contributed by atoms with Crippen LogP contribution in [-0.2, 0) is 0 Å². The fourth-order valence-electron chi connectivity index (χ4n) is 0.840. The van der Waals surface area contributed by atoms with E-state index in [2.05, 4.69) is 24.3 Å². The minimum atomic E-state index is 0.102. The lowest BCUT2D eigenvalue weighted by molar-refractivity contribution is 0.307. The summed E-state index contributed by atoms with van der Waals surface area (Å²) in [7, 11) is 0. The van der Waals surface area contributed by atoms with Crippen molar-refractivity contribution in [1.82, 2.24) is 24.3 Å². The van der Waals surface area contributed by atoms with E-state index in [1.165, 1.54) is 29.6 Å². The van der Waals surface area contributed by atoms with Gasteiger partial charge in [-0.15, -0.1) is 0 Å². The van der Waals surface area contributed by atoms with Crippen molar-refractivity contribution >= 4 is 34.9 Å². The van der Waals surface area contributed by atoms with E-state index in [0.29, 0.717) is 11.8 Å². The predicted molar refractivity (Wildman–Crippen MR) is 60.0 cm³/mol. The second-order valence-electron chi connectivity index (χ2n) is 2.41. The first kappa shape index (κ1) is 11.5. The highest BCUT2D eigenvalue weighted by Gasteiger charge is 2.09. The number of halogens is 1. The Morgan fingerprint density at radius 3 is 3.00 bits per heavy atom. The number of rotatable bonds is 4. The Hall–Kier alpha value is -0.990. The fraction of sp³-hybridized carbons (Fsp3) is 0.286. The van der Waals surface area contributed by atoms with E-state index in [1.807, 2.05) is 6.92 Å². The molecule has 0 fully saturated rings. The lowest BCUT2D eigenvalue weighted by Gasteiger charge is -2.02. The molecule has 0 aromatic carbocycles. The highest BCUT2D eigenvalue weighted by Crippen LogP contribution is 2.26. The number of hydrogen-bond acceptors (Lipinski definition) is 8. The number of ether oxygens (including phenoxy) is 1. The van der Waals surface area contributed by atoms with E-state index in [9.17, 15) is 0 Å². The molecule has 0 amide bonds. The molecule has 16 heavy (non-hydrogen) atoms. The van der Waals surface area contributed by atoms with Crippen LogP contribution >= 0.6 is 34.9 Å². The standard InChI is InChI=1S/C7H6ClN5OS2/c1-2-14-5-11-4(8)12-6(13-5)15-7-9-3-10-16-7/h3H,2H2,1H3. The Morgan fingerprint density at radius 2 is 2.31 bits per heavy atom. The molecule has 2 rings (SSSR count). The van der Waals surface area contributed by atoms with Crippen LogP contribution in [0.2, 0.25) is 5.28 Å². The molecule has 2 aromatic rings. The molecule has 2 aromatic heterocycles. The molecule has 0 aliphatic heterocycles. The van der Waals surface area contributed by atoms with Crippen LogP contribution < -0.4 is 4.74 Å². The van der Waals surface area contributed by atoms with Gasteiger partial charge >= 0.3 is 6.01 Å². The molecule has 0 N–H and O–H groups in total. The van der Waals surface area contributed by atoms with Crippen molar-refractivity contribution in [1.29, 1.82) is 0 Å². The molecule has 84 valence electrons. The number of hydrogen-bond donors (Lipinski definition) is 0. The van der Waals surface area contributed by atoms with E-state index in [-0.39, 0.29) is 11.3 Å². The SMILES string of the molecule is CCOc1nc(Cl)nc(Sc2ncns2)n1. The Morgan fingerprint density at radius 1 is 1.44 bits per heavy atom. The first-order valence-corrected chi connectivity index (χ1v) is 6.23. The zero-order valence-corrected chi connectivity index (χ0v) is 10.5. The van der Waals surface area contributed by atoms with Crippen LogP contribution in [0.3, 0.4) is 0 Å². The lowest BCUT2D eigenvalue weighted by Crippen LogP contribution is -2.00. The molecular weight excluding hydrogens is 270 g/mol. The van der Waals surface area contributed by atoms with Crippen molar-refractivity contribution < 1.29 is 4.74 Å². The smallest absolute Gasteiger partial charge is 0.321 e. The predicted octanol–water partition coefficient (Wildman–Crippen LogP) is 1.93. The van der Waals surface area contributed by atoms with Gasteiger partial charge in [-0.05, 0) is 41.8 Å². The monoisotopic (exact) mass is 275 g/mol. The molecule has 0 saturated heterocycles. The van der Waals surface area contributed by atoms with Gasteiger partial charge in [0.25, 0.3) is 0 Å². The van der Waals surface area contributed by atoms with Crippen LogP contribution in [0.25, 0.3) is 0 Å².